The van der Waals surface area contributed by atoms with Gasteiger partial charge in [-0.25, -0.2) is 4.98 Å². The summed E-state index contributed by atoms with van der Waals surface area (Å²) in [5, 5.41) is 11.8. The molecule has 0 aliphatic heterocycles. The molecule has 2 heterocycles. The molecule has 0 amide bonds. The standard InChI is InChI=1S/C20H13F3N2O2S/c21-20(22,23)16(12-5-2-1-3-6-12)27-18-15-9-10-28-19(15)25-17(24-18)13-7-4-8-14(26)11-13/h1-11,16,26H. The van der Waals surface area contributed by atoms with Crippen molar-refractivity contribution in [3.63, 3.8) is 0 Å². The largest absolute Gasteiger partial charge is 0.508 e. The molecule has 2 aromatic heterocycles. The van der Waals surface area contributed by atoms with Crippen molar-refractivity contribution in [1.29, 1.82) is 0 Å². The fraction of sp³-hybridized carbons (Fsp3) is 0.100. The molecule has 0 bridgehead atoms. The van der Waals surface area contributed by atoms with Gasteiger partial charge in [-0.05, 0) is 23.6 Å². The Kier molecular flexibility index (Phi) is 4.64. The fourth-order valence-electron chi connectivity index (χ4n) is 2.76. The Morgan fingerprint density at radius 2 is 1.75 bits per heavy atom. The van der Waals surface area contributed by atoms with Crippen molar-refractivity contribution in [2.24, 2.45) is 0 Å². The lowest BCUT2D eigenvalue weighted by Crippen LogP contribution is -2.26. The molecule has 4 aromatic rings. The number of hydrogen-bond acceptors (Lipinski definition) is 5. The molecular formula is C20H13F3N2O2S. The first-order valence-electron chi connectivity index (χ1n) is 8.25. The first-order valence-corrected chi connectivity index (χ1v) is 9.13. The summed E-state index contributed by atoms with van der Waals surface area (Å²) in [5.74, 6) is 0.0258. The van der Waals surface area contributed by atoms with Gasteiger partial charge in [0.2, 0.25) is 12.0 Å². The molecule has 0 aliphatic rings. The van der Waals surface area contributed by atoms with Crippen LogP contribution in [0.5, 0.6) is 11.6 Å². The van der Waals surface area contributed by atoms with Gasteiger partial charge in [-0.3, -0.25) is 0 Å². The zero-order valence-corrected chi connectivity index (χ0v) is 15.0. The van der Waals surface area contributed by atoms with Crippen LogP contribution in [0.4, 0.5) is 13.2 Å². The predicted molar refractivity (Wildman–Crippen MR) is 100 cm³/mol. The molecule has 1 atom stereocenters. The summed E-state index contributed by atoms with van der Waals surface area (Å²) in [6.07, 6.45) is -6.79. The second-order valence-corrected chi connectivity index (χ2v) is 6.89. The molecule has 0 fully saturated rings. The summed E-state index contributed by atoms with van der Waals surface area (Å²) < 4.78 is 46.5. The van der Waals surface area contributed by atoms with E-state index in [-0.39, 0.29) is 23.0 Å². The SMILES string of the molecule is Oc1cccc(-c2nc(OC(c3ccccc3)C(F)(F)F)c3ccsc3n2)c1. The number of thiophene rings is 1. The number of aromatic hydroxyl groups is 1. The molecular weight excluding hydrogens is 389 g/mol. The van der Waals surface area contributed by atoms with Gasteiger partial charge < -0.3 is 9.84 Å². The second-order valence-electron chi connectivity index (χ2n) is 5.99. The number of aromatic nitrogens is 2. The van der Waals surface area contributed by atoms with Crippen LogP contribution in [0.15, 0.2) is 66.0 Å². The number of ether oxygens (including phenoxy) is 1. The summed E-state index contributed by atoms with van der Waals surface area (Å²) in [6, 6.07) is 15.2. The van der Waals surface area contributed by atoms with Gasteiger partial charge in [-0.15, -0.1) is 11.3 Å². The van der Waals surface area contributed by atoms with E-state index in [1.54, 1.807) is 29.6 Å². The van der Waals surface area contributed by atoms with Crippen LogP contribution in [-0.2, 0) is 0 Å². The van der Waals surface area contributed by atoms with E-state index in [9.17, 15) is 18.3 Å². The maximum absolute atomic E-state index is 13.7. The lowest BCUT2D eigenvalue weighted by Gasteiger charge is -2.22. The number of rotatable bonds is 4. The van der Waals surface area contributed by atoms with E-state index in [1.807, 2.05) is 0 Å². The topological polar surface area (TPSA) is 55.2 Å². The highest BCUT2D eigenvalue weighted by atomic mass is 32.1. The molecule has 2 aromatic carbocycles. The molecule has 8 heteroatoms. The van der Waals surface area contributed by atoms with Crippen LogP contribution >= 0.6 is 11.3 Å². The number of benzene rings is 2. The molecule has 0 saturated carbocycles. The van der Waals surface area contributed by atoms with Crippen molar-refractivity contribution in [3.8, 4) is 23.0 Å². The summed E-state index contributed by atoms with van der Waals surface area (Å²) >= 11 is 1.27. The number of fused-ring (bicyclic) bond motifs is 1. The van der Waals surface area contributed by atoms with Gasteiger partial charge in [0, 0.05) is 11.1 Å². The number of phenols is 1. The zero-order chi connectivity index (χ0) is 19.7. The van der Waals surface area contributed by atoms with Crippen LogP contribution in [-0.4, -0.2) is 21.3 Å². The highest BCUT2D eigenvalue weighted by molar-refractivity contribution is 7.16. The summed E-state index contributed by atoms with van der Waals surface area (Å²) in [4.78, 5) is 9.11. The molecule has 0 spiro atoms. The van der Waals surface area contributed by atoms with Crippen LogP contribution < -0.4 is 4.74 Å². The Hall–Kier alpha value is -3.13. The monoisotopic (exact) mass is 402 g/mol. The van der Waals surface area contributed by atoms with Crippen molar-refractivity contribution in [3.05, 3.63) is 71.6 Å². The Bertz CT molecular complexity index is 1110. The average Bonchev–Trinajstić information content (AvgIpc) is 3.14. The van der Waals surface area contributed by atoms with Crippen LogP contribution in [0.2, 0.25) is 0 Å². The van der Waals surface area contributed by atoms with E-state index in [0.717, 1.165) is 0 Å². The lowest BCUT2D eigenvalue weighted by molar-refractivity contribution is -0.198. The summed E-state index contributed by atoms with van der Waals surface area (Å²) in [5.41, 5.74) is 0.458. The maximum atomic E-state index is 13.7. The second kappa shape index (κ2) is 7.12. The molecule has 0 saturated heterocycles. The highest BCUT2D eigenvalue weighted by Gasteiger charge is 2.43. The van der Waals surface area contributed by atoms with Crippen molar-refractivity contribution >= 4 is 21.6 Å². The third-order valence-corrected chi connectivity index (χ3v) is 4.83. The Morgan fingerprint density at radius 1 is 0.964 bits per heavy atom. The smallest absolute Gasteiger partial charge is 0.429 e. The van der Waals surface area contributed by atoms with Crippen LogP contribution in [0, 0.1) is 0 Å². The Labute approximate surface area is 161 Å². The van der Waals surface area contributed by atoms with Crippen molar-refractivity contribution in [2.75, 3.05) is 0 Å². The van der Waals surface area contributed by atoms with Crippen LogP contribution in [0.1, 0.15) is 11.7 Å². The predicted octanol–water partition coefficient (Wildman–Crippen LogP) is 5.75. The van der Waals surface area contributed by atoms with E-state index >= 15 is 0 Å². The van der Waals surface area contributed by atoms with Gasteiger partial charge in [-0.2, -0.15) is 18.2 Å². The van der Waals surface area contributed by atoms with Crippen LogP contribution in [0.3, 0.4) is 0 Å². The number of nitrogens with zero attached hydrogens (tertiary/aromatic N) is 2. The number of alkyl halides is 3. The normalized spacial score (nSPS) is 12.8. The molecule has 0 aliphatic carbocycles. The van der Waals surface area contributed by atoms with Gasteiger partial charge in [0.25, 0.3) is 0 Å². The van der Waals surface area contributed by atoms with Gasteiger partial charge in [0.15, 0.2) is 5.82 Å². The molecule has 1 N–H and O–H groups in total. The first kappa shape index (κ1) is 18.2. The van der Waals surface area contributed by atoms with Crippen molar-refractivity contribution < 1.29 is 23.0 Å². The first-order chi connectivity index (χ1) is 13.4. The van der Waals surface area contributed by atoms with E-state index in [1.165, 1.54) is 47.7 Å². The van der Waals surface area contributed by atoms with Crippen LogP contribution in [0.25, 0.3) is 21.6 Å². The van der Waals surface area contributed by atoms with Gasteiger partial charge in [0.05, 0.1) is 5.39 Å². The number of hydrogen-bond donors (Lipinski definition) is 1. The lowest BCUT2D eigenvalue weighted by atomic mass is 10.1. The fourth-order valence-corrected chi connectivity index (χ4v) is 3.51. The van der Waals surface area contributed by atoms with Crippen molar-refractivity contribution in [1.82, 2.24) is 9.97 Å². The molecule has 4 rings (SSSR count). The third-order valence-electron chi connectivity index (χ3n) is 4.02. The van der Waals surface area contributed by atoms with E-state index in [0.29, 0.717) is 15.8 Å². The Balaban J connectivity index is 1.82. The molecule has 4 nitrogen and oxygen atoms in total. The van der Waals surface area contributed by atoms with Gasteiger partial charge in [-0.1, -0.05) is 42.5 Å². The van der Waals surface area contributed by atoms with Gasteiger partial charge >= 0.3 is 6.18 Å². The number of halogens is 3. The van der Waals surface area contributed by atoms with Gasteiger partial charge in [0.1, 0.15) is 10.6 Å². The quantitative estimate of drug-likeness (QED) is 0.473. The molecule has 28 heavy (non-hydrogen) atoms. The summed E-state index contributed by atoms with van der Waals surface area (Å²) in [7, 11) is 0. The highest BCUT2D eigenvalue weighted by Crippen LogP contribution is 2.39. The minimum atomic E-state index is -4.63. The van der Waals surface area contributed by atoms with Crippen molar-refractivity contribution in [2.45, 2.75) is 12.3 Å². The summed E-state index contributed by atoms with van der Waals surface area (Å²) in [6.45, 7) is 0. The Morgan fingerprint density at radius 3 is 2.46 bits per heavy atom. The molecule has 0 radical (unpaired) electrons. The molecule has 142 valence electrons. The third kappa shape index (κ3) is 3.63. The minimum Gasteiger partial charge on any atom is -0.508 e. The van der Waals surface area contributed by atoms with E-state index in [4.69, 9.17) is 4.74 Å². The average molecular weight is 402 g/mol. The number of phenolic OH excluding ortho intramolecular Hbond substituents is 1. The van der Waals surface area contributed by atoms with E-state index < -0.39 is 12.3 Å². The van der Waals surface area contributed by atoms with E-state index in [2.05, 4.69) is 9.97 Å². The maximum Gasteiger partial charge on any atom is 0.429 e. The minimum absolute atomic E-state index is 0.00676. The zero-order valence-electron chi connectivity index (χ0n) is 14.2. The molecule has 1 unspecified atom stereocenters.